The third-order valence-electron chi connectivity index (χ3n) is 2.62. The van der Waals surface area contributed by atoms with Crippen LogP contribution >= 0.6 is 0 Å². The maximum Gasteiger partial charge on any atom is 0.254 e. The summed E-state index contributed by atoms with van der Waals surface area (Å²) in [6.45, 7) is 17.8. The molecule has 0 atom stereocenters. The fraction of sp³-hybridized carbons (Fsp3) is 1.00. The van der Waals surface area contributed by atoms with Gasteiger partial charge in [-0.25, -0.2) is 0 Å². The van der Waals surface area contributed by atoms with Crippen LogP contribution in [0.4, 0.5) is 0 Å². The lowest BCUT2D eigenvalue weighted by atomic mass is 10.3. The molecular formula is C12H30O3Si3. The van der Waals surface area contributed by atoms with Crippen LogP contribution in [0.5, 0.6) is 0 Å². The molecule has 0 amide bonds. The summed E-state index contributed by atoms with van der Waals surface area (Å²) >= 11 is 0. The van der Waals surface area contributed by atoms with Crippen LogP contribution in [-0.4, -0.2) is 30.9 Å². The van der Waals surface area contributed by atoms with Crippen LogP contribution in [0.3, 0.4) is 0 Å². The van der Waals surface area contributed by atoms with Gasteiger partial charge in [-0.15, -0.1) is 0 Å². The largest absolute Gasteiger partial charge is 0.371 e. The predicted molar refractivity (Wildman–Crippen MR) is 84.2 cm³/mol. The quantitative estimate of drug-likeness (QED) is 0.570. The number of hydrogen-bond acceptors (Lipinski definition) is 3. The van der Waals surface area contributed by atoms with Crippen LogP contribution in [-0.2, 0) is 13.3 Å². The van der Waals surface area contributed by atoms with E-state index >= 15 is 0 Å². The van der Waals surface area contributed by atoms with Crippen molar-refractivity contribution in [3.8, 4) is 0 Å². The SMILES string of the molecule is C[Si](C)(C)OC1(O[Si](C)(C)C)CCC[Si](C)(C)O1. The second-order valence-corrected chi connectivity index (χ2v) is 20.9. The first-order chi connectivity index (χ1) is 7.83. The lowest BCUT2D eigenvalue weighted by molar-refractivity contribution is -0.279. The molecule has 0 aliphatic carbocycles. The van der Waals surface area contributed by atoms with Crippen LogP contribution in [0.1, 0.15) is 12.8 Å². The first-order valence-corrected chi connectivity index (χ1v) is 16.9. The van der Waals surface area contributed by atoms with E-state index in [9.17, 15) is 0 Å². The zero-order valence-electron chi connectivity index (χ0n) is 13.3. The summed E-state index contributed by atoms with van der Waals surface area (Å²) in [7, 11) is -5.00. The van der Waals surface area contributed by atoms with Gasteiger partial charge < -0.3 is 13.3 Å². The van der Waals surface area contributed by atoms with Gasteiger partial charge >= 0.3 is 0 Å². The predicted octanol–water partition coefficient (Wildman–Crippen LogP) is 4.36. The lowest BCUT2D eigenvalue weighted by Gasteiger charge is -2.48. The summed E-state index contributed by atoms with van der Waals surface area (Å²) in [4.78, 5) is 0. The molecule has 108 valence electrons. The van der Waals surface area contributed by atoms with Gasteiger partial charge in [0.2, 0.25) is 0 Å². The van der Waals surface area contributed by atoms with Crippen molar-refractivity contribution in [3.05, 3.63) is 0 Å². The molecule has 0 aromatic heterocycles. The van der Waals surface area contributed by atoms with Crippen molar-refractivity contribution in [3.63, 3.8) is 0 Å². The summed E-state index contributed by atoms with van der Waals surface area (Å²) < 4.78 is 19.1. The molecule has 1 aliphatic rings. The third kappa shape index (κ3) is 5.66. The van der Waals surface area contributed by atoms with Crippen LogP contribution in [0.2, 0.25) is 58.4 Å². The summed E-state index contributed by atoms with van der Waals surface area (Å²) in [6.07, 6.45) is 2.05. The Kier molecular flexibility index (Phi) is 4.74. The molecule has 1 rings (SSSR count). The fourth-order valence-electron chi connectivity index (χ4n) is 2.35. The zero-order chi connectivity index (χ0) is 14.2. The molecule has 0 spiro atoms. The number of rotatable bonds is 4. The van der Waals surface area contributed by atoms with Gasteiger partial charge in [0.25, 0.3) is 5.97 Å². The average Bonchev–Trinajstić information content (AvgIpc) is 1.91. The van der Waals surface area contributed by atoms with E-state index in [1.54, 1.807) is 0 Å². The highest BCUT2D eigenvalue weighted by molar-refractivity contribution is 6.72. The van der Waals surface area contributed by atoms with E-state index in [0.717, 1.165) is 12.8 Å². The topological polar surface area (TPSA) is 27.7 Å². The summed E-state index contributed by atoms with van der Waals surface area (Å²) in [5.74, 6) is -0.733. The second kappa shape index (κ2) is 5.14. The fourth-order valence-corrected chi connectivity index (χ4v) is 7.00. The van der Waals surface area contributed by atoms with Crippen molar-refractivity contribution in [2.45, 2.75) is 77.2 Å². The molecule has 0 bridgehead atoms. The molecule has 1 heterocycles. The molecule has 0 radical (unpaired) electrons. The Bertz CT molecular complexity index is 270. The van der Waals surface area contributed by atoms with Crippen LogP contribution in [0.15, 0.2) is 0 Å². The van der Waals surface area contributed by atoms with Crippen LogP contribution < -0.4 is 0 Å². The Hall–Kier alpha value is 0.531. The molecule has 1 fully saturated rings. The Morgan fingerprint density at radius 1 is 0.944 bits per heavy atom. The van der Waals surface area contributed by atoms with Crippen molar-refractivity contribution in [1.82, 2.24) is 0 Å². The summed E-state index contributed by atoms with van der Waals surface area (Å²) in [5, 5.41) is 0. The van der Waals surface area contributed by atoms with Gasteiger partial charge in [0.15, 0.2) is 25.0 Å². The molecule has 1 saturated heterocycles. The molecule has 1 aliphatic heterocycles. The van der Waals surface area contributed by atoms with Crippen molar-refractivity contribution >= 4 is 25.0 Å². The molecule has 0 N–H and O–H groups in total. The van der Waals surface area contributed by atoms with Gasteiger partial charge in [-0.3, -0.25) is 0 Å². The van der Waals surface area contributed by atoms with E-state index < -0.39 is 30.9 Å². The smallest absolute Gasteiger partial charge is 0.254 e. The Morgan fingerprint density at radius 2 is 1.39 bits per heavy atom. The highest BCUT2D eigenvalue weighted by Crippen LogP contribution is 2.39. The van der Waals surface area contributed by atoms with E-state index in [4.69, 9.17) is 13.3 Å². The highest BCUT2D eigenvalue weighted by atomic mass is 28.4. The van der Waals surface area contributed by atoms with Crippen molar-refractivity contribution in [2.24, 2.45) is 0 Å². The molecule has 0 aromatic carbocycles. The molecule has 0 aromatic rings. The van der Waals surface area contributed by atoms with Gasteiger partial charge in [0, 0.05) is 6.42 Å². The van der Waals surface area contributed by atoms with Gasteiger partial charge in [0.05, 0.1) is 0 Å². The van der Waals surface area contributed by atoms with Gasteiger partial charge in [-0.1, -0.05) is 0 Å². The van der Waals surface area contributed by atoms with E-state index in [2.05, 4.69) is 52.4 Å². The molecule has 18 heavy (non-hydrogen) atoms. The molecule has 0 unspecified atom stereocenters. The van der Waals surface area contributed by atoms with Gasteiger partial charge in [-0.2, -0.15) is 0 Å². The molecular weight excluding hydrogens is 276 g/mol. The minimum Gasteiger partial charge on any atom is -0.371 e. The second-order valence-electron chi connectivity index (χ2n) is 7.83. The lowest BCUT2D eigenvalue weighted by Crippen LogP contribution is -2.58. The van der Waals surface area contributed by atoms with E-state index in [0.29, 0.717) is 0 Å². The van der Waals surface area contributed by atoms with E-state index in [1.807, 2.05) is 0 Å². The van der Waals surface area contributed by atoms with E-state index in [-0.39, 0.29) is 0 Å². The zero-order valence-corrected chi connectivity index (χ0v) is 16.3. The van der Waals surface area contributed by atoms with Crippen molar-refractivity contribution < 1.29 is 13.3 Å². The van der Waals surface area contributed by atoms with Crippen molar-refractivity contribution in [2.75, 3.05) is 0 Å². The van der Waals surface area contributed by atoms with Gasteiger partial charge in [0.1, 0.15) is 0 Å². The Morgan fingerprint density at radius 3 is 1.72 bits per heavy atom. The summed E-state index contributed by atoms with van der Waals surface area (Å²) in [5.41, 5.74) is 0. The summed E-state index contributed by atoms with van der Waals surface area (Å²) in [6, 6.07) is 1.21. The minimum absolute atomic E-state index is 0.733. The highest BCUT2D eigenvalue weighted by Gasteiger charge is 2.48. The maximum atomic E-state index is 6.38. The molecule has 3 nitrogen and oxygen atoms in total. The number of hydrogen-bond donors (Lipinski definition) is 0. The Balaban J connectivity index is 2.94. The average molecular weight is 307 g/mol. The maximum absolute atomic E-state index is 6.38. The Labute approximate surface area is 116 Å². The monoisotopic (exact) mass is 306 g/mol. The third-order valence-corrected chi connectivity index (χ3v) is 6.88. The van der Waals surface area contributed by atoms with Crippen LogP contribution in [0.25, 0.3) is 0 Å². The van der Waals surface area contributed by atoms with Gasteiger partial charge in [-0.05, 0) is 64.8 Å². The van der Waals surface area contributed by atoms with Crippen molar-refractivity contribution in [1.29, 1.82) is 0 Å². The molecule has 0 saturated carbocycles. The van der Waals surface area contributed by atoms with E-state index in [1.165, 1.54) is 6.04 Å². The van der Waals surface area contributed by atoms with Crippen LogP contribution in [0, 0.1) is 0 Å². The standard InChI is InChI=1S/C12H30O3Si3/c1-16(2,3)13-12(14-17(4,5)6)10-9-11-18(7,8)15-12/h9-11H2,1-8H3. The first-order valence-electron chi connectivity index (χ1n) is 6.93. The molecule has 6 heteroatoms. The normalized spacial score (nSPS) is 24.0. The first kappa shape index (κ1) is 16.6. The minimum atomic E-state index is -1.68.